The van der Waals surface area contributed by atoms with Crippen LogP contribution in [0.4, 0.5) is 0 Å². The van der Waals surface area contributed by atoms with Gasteiger partial charge in [-0.1, -0.05) is 26.8 Å². The van der Waals surface area contributed by atoms with Gasteiger partial charge in [-0.3, -0.25) is 4.68 Å². The number of aryl methyl sites for hydroxylation is 1. The molecule has 0 fully saturated rings. The van der Waals surface area contributed by atoms with Crippen molar-refractivity contribution in [3.05, 3.63) is 29.4 Å². The highest BCUT2D eigenvalue weighted by Crippen LogP contribution is 2.34. The zero-order valence-electron chi connectivity index (χ0n) is 9.61. The molecule has 0 aliphatic heterocycles. The van der Waals surface area contributed by atoms with Crippen LogP contribution in [0.5, 0.6) is 0 Å². The number of thiophene rings is 1. The van der Waals surface area contributed by atoms with Gasteiger partial charge in [-0.05, 0) is 11.4 Å². The van der Waals surface area contributed by atoms with Crippen molar-refractivity contribution in [3.63, 3.8) is 0 Å². The van der Waals surface area contributed by atoms with Crippen LogP contribution in [0.15, 0.2) is 23.7 Å². The maximum atomic E-state index is 4.36. The molecular weight excluding hydrogens is 204 g/mol. The molecular formula is C12H16N2S. The van der Waals surface area contributed by atoms with Crippen molar-refractivity contribution in [2.75, 3.05) is 0 Å². The van der Waals surface area contributed by atoms with Gasteiger partial charge >= 0.3 is 0 Å². The van der Waals surface area contributed by atoms with E-state index in [1.54, 1.807) is 11.3 Å². The van der Waals surface area contributed by atoms with Crippen LogP contribution in [0.1, 0.15) is 26.5 Å². The fraction of sp³-hybridized carbons (Fsp3) is 0.417. The second-order valence-corrected chi connectivity index (χ2v) is 5.71. The number of hydrogen-bond acceptors (Lipinski definition) is 2. The average molecular weight is 220 g/mol. The summed E-state index contributed by atoms with van der Waals surface area (Å²) < 4.78 is 1.98. The van der Waals surface area contributed by atoms with Crippen LogP contribution < -0.4 is 0 Å². The molecule has 0 N–H and O–H groups in total. The Bertz CT molecular complexity index is 446. The molecule has 0 unspecified atom stereocenters. The maximum Gasteiger partial charge on any atom is 0.0579 e. The van der Waals surface area contributed by atoms with Crippen molar-refractivity contribution in [2.24, 2.45) is 7.05 Å². The first-order valence-electron chi connectivity index (χ1n) is 5.06. The first-order chi connectivity index (χ1) is 7.00. The Balaban J connectivity index is 2.59. The summed E-state index contributed by atoms with van der Waals surface area (Å²) in [5.41, 5.74) is 2.69. The predicted octanol–water partition coefficient (Wildman–Crippen LogP) is 3.45. The van der Waals surface area contributed by atoms with Crippen molar-refractivity contribution < 1.29 is 0 Å². The number of nitrogens with zero attached hydrogens (tertiary/aromatic N) is 2. The van der Waals surface area contributed by atoms with Crippen LogP contribution in [-0.4, -0.2) is 9.78 Å². The standard InChI is InChI=1S/C12H16N2S/c1-12(2,3)11-9(8-13-14(11)4)10-6-5-7-15-10/h5-8H,1-4H3. The van der Waals surface area contributed by atoms with Crippen LogP contribution in [0.2, 0.25) is 0 Å². The molecule has 0 bridgehead atoms. The minimum absolute atomic E-state index is 0.130. The largest absolute Gasteiger partial charge is 0.271 e. The van der Waals surface area contributed by atoms with Crippen LogP contribution >= 0.6 is 11.3 Å². The van der Waals surface area contributed by atoms with Gasteiger partial charge in [0.2, 0.25) is 0 Å². The summed E-state index contributed by atoms with van der Waals surface area (Å²) >= 11 is 1.77. The number of rotatable bonds is 1. The topological polar surface area (TPSA) is 17.8 Å². The normalized spacial score (nSPS) is 12.0. The molecule has 2 aromatic heterocycles. The molecule has 0 aromatic carbocycles. The molecule has 0 aliphatic carbocycles. The van der Waals surface area contributed by atoms with E-state index < -0.39 is 0 Å². The Morgan fingerprint density at radius 2 is 2.07 bits per heavy atom. The lowest BCUT2D eigenvalue weighted by atomic mass is 9.89. The minimum atomic E-state index is 0.130. The Morgan fingerprint density at radius 1 is 1.33 bits per heavy atom. The molecule has 0 saturated carbocycles. The zero-order chi connectivity index (χ0) is 11.1. The molecule has 0 atom stereocenters. The first-order valence-corrected chi connectivity index (χ1v) is 5.94. The van der Waals surface area contributed by atoms with Crippen molar-refractivity contribution in [2.45, 2.75) is 26.2 Å². The van der Waals surface area contributed by atoms with Gasteiger partial charge in [-0.15, -0.1) is 11.3 Å². The molecule has 15 heavy (non-hydrogen) atoms. The van der Waals surface area contributed by atoms with Crippen LogP contribution in [0, 0.1) is 0 Å². The second kappa shape index (κ2) is 3.49. The summed E-state index contributed by atoms with van der Waals surface area (Å²) in [6.07, 6.45) is 1.96. The Hall–Kier alpha value is -1.09. The third-order valence-corrected chi connectivity index (χ3v) is 3.34. The molecule has 2 aromatic rings. The average Bonchev–Trinajstić information content (AvgIpc) is 2.68. The lowest BCUT2D eigenvalue weighted by molar-refractivity contribution is 0.524. The summed E-state index contributed by atoms with van der Waals surface area (Å²) in [7, 11) is 2.01. The maximum absolute atomic E-state index is 4.36. The summed E-state index contributed by atoms with van der Waals surface area (Å²) in [6, 6.07) is 4.23. The molecule has 0 radical (unpaired) electrons. The predicted molar refractivity (Wildman–Crippen MR) is 65.2 cm³/mol. The third-order valence-electron chi connectivity index (χ3n) is 2.44. The van der Waals surface area contributed by atoms with Crippen LogP contribution in [0.3, 0.4) is 0 Å². The fourth-order valence-electron chi connectivity index (χ4n) is 1.94. The van der Waals surface area contributed by atoms with Crippen LogP contribution in [-0.2, 0) is 12.5 Å². The van der Waals surface area contributed by atoms with E-state index in [1.807, 2.05) is 17.9 Å². The van der Waals surface area contributed by atoms with E-state index >= 15 is 0 Å². The van der Waals surface area contributed by atoms with Crippen LogP contribution in [0.25, 0.3) is 10.4 Å². The van der Waals surface area contributed by atoms with Crippen molar-refractivity contribution in [1.29, 1.82) is 0 Å². The van der Waals surface area contributed by atoms with Crippen molar-refractivity contribution in [3.8, 4) is 10.4 Å². The quantitative estimate of drug-likeness (QED) is 0.719. The fourth-order valence-corrected chi connectivity index (χ4v) is 2.68. The summed E-state index contributed by atoms with van der Waals surface area (Å²) in [6.45, 7) is 6.67. The van der Waals surface area contributed by atoms with Gasteiger partial charge in [-0.25, -0.2) is 0 Å². The smallest absolute Gasteiger partial charge is 0.0579 e. The molecule has 3 heteroatoms. The number of hydrogen-bond donors (Lipinski definition) is 0. The van der Waals surface area contributed by atoms with Crippen molar-refractivity contribution in [1.82, 2.24) is 9.78 Å². The highest BCUT2D eigenvalue weighted by molar-refractivity contribution is 7.13. The van der Waals surface area contributed by atoms with E-state index in [1.165, 1.54) is 16.1 Å². The molecule has 80 valence electrons. The van der Waals surface area contributed by atoms with E-state index in [2.05, 4.69) is 43.4 Å². The molecule has 2 nitrogen and oxygen atoms in total. The number of aromatic nitrogens is 2. The van der Waals surface area contributed by atoms with Gasteiger partial charge < -0.3 is 0 Å². The molecule has 2 rings (SSSR count). The molecule has 2 heterocycles. The molecule has 0 spiro atoms. The summed E-state index contributed by atoms with van der Waals surface area (Å²) in [5.74, 6) is 0. The Kier molecular flexibility index (Phi) is 2.43. The van der Waals surface area contributed by atoms with E-state index in [0.717, 1.165) is 0 Å². The first kappa shape index (κ1) is 10.4. The van der Waals surface area contributed by atoms with E-state index in [-0.39, 0.29) is 5.41 Å². The Morgan fingerprint density at radius 3 is 2.60 bits per heavy atom. The van der Waals surface area contributed by atoms with E-state index in [0.29, 0.717) is 0 Å². The highest BCUT2D eigenvalue weighted by atomic mass is 32.1. The minimum Gasteiger partial charge on any atom is -0.271 e. The molecule has 0 aliphatic rings. The van der Waals surface area contributed by atoms with Gasteiger partial charge in [0.15, 0.2) is 0 Å². The second-order valence-electron chi connectivity index (χ2n) is 4.76. The lowest BCUT2D eigenvalue weighted by Gasteiger charge is -2.20. The van der Waals surface area contributed by atoms with Gasteiger partial charge in [0, 0.05) is 22.9 Å². The van der Waals surface area contributed by atoms with Crippen molar-refractivity contribution >= 4 is 11.3 Å². The van der Waals surface area contributed by atoms with Gasteiger partial charge in [-0.2, -0.15) is 5.10 Å². The van der Waals surface area contributed by atoms with E-state index in [9.17, 15) is 0 Å². The zero-order valence-corrected chi connectivity index (χ0v) is 10.4. The Labute approximate surface area is 94.6 Å². The lowest BCUT2D eigenvalue weighted by Crippen LogP contribution is -2.17. The summed E-state index contributed by atoms with van der Waals surface area (Å²) in [5, 5.41) is 6.47. The molecule has 0 amide bonds. The SMILES string of the molecule is Cn1ncc(-c2cccs2)c1C(C)(C)C. The summed E-state index contributed by atoms with van der Waals surface area (Å²) in [4.78, 5) is 1.30. The van der Waals surface area contributed by atoms with Gasteiger partial charge in [0.1, 0.15) is 0 Å². The highest BCUT2D eigenvalue weighted by Gasteiger charge is 2.23. The monoisotopic (exact) mass is 220 g/mol. The third kappa shape index (κ3) is 1.84. The van der Waals surface area contributed by atoms with Gasteiger partial charge in [0.25, 0.3) is 0 Å². The van der Waals surface area contributed by atoms with E-state index in [4.69, 9.17) is 0 Å². The van der Waals surface area contributed by atoms with Gasteiger partial charge in [0.05, 0.1) is 11.9 Å². The molecule has 0 saturated heterocycles.